The summed E-state index contributed by atoms with van der Waals surface area (Å²) in [5.74, 6) is 0.00150. The van der Waals surface area contributed by atoms with Gasteiger partial charge in [0.2, 0.25) is 0 Å². The fourth-order valence-corrected chi connectivity index (χ4v) is 1.92. The molecular formula is C14H10Cl2O3. The van der Waals surface area contributed by atoms with Crippen LogP contribution >= 0.6 is 23.2 Å². The summed E-state index contributed by atoms with van der Waals surface area (Å²) in [4.78, 5) is 10.7. The van der Waals surface area contributed by atoms with Gasteiger partial charge < -0.3 is 9.52 Å². The van der Waals surface area contributed by atoms with E-state index in [9.17, 15) is 4.79 Å². The highest BCUT2D eigenvalue weighted by Gasteiger charge is 2.09. The lowest BCUT2D eigenvalue weighted by Gasteiger charge is -2.01. The minimum atomic E-state index is -0.987. The van der Waals surface area contributed by atoms with Crippen LogP contribution in [-0.4, -0.2) is 11.1 Å². The summed E-state index contributed by atoms with van der Waals surface area (Å²) in [5.41, 5.74) is 0.861. The van der Waals surface area contributed by atoms with Gasteiger partial charge >= 0.3 is 5.97 Å². The number of hydrogen-bond donors (Lipinski definition) is 1. The van der Waals surface area contributed by atoms with Crippen molar-refractivity contribution in [3.63, 3.8) is 0 Å². The molecule has 0 aliphatic carbocycles. The summed E-state index contributed by atoms with van der Waals surface area (Å²) < 4.78 is 5.54. The van der Waals surface area contributed by atoms with E-state index in [-0.39, 0.29) is 5.57 Å². The molecule has 0 spiro atoms. The van der Waals surface area contributed by atoms with Crippen molar-refractivity contribution in [1.29, 1.82) is 0 Å². The molecule has 0 atom stereocenters. The smallest absolute Gasteiger partial charge is 0.331 e. The quantitative estimate of drug-likeness (QED) is 0.832. The van der Waals surface area contributed by atoms with Crippen molar-refractivity contribution < 1.29 is 14.3 Å². The number of carboxylic acid groups (broad SMARTS) is 1. The van der Waals surface area contributed by atoms with Crippen molar-refractivity contribution in [2.24, 2.45) is 0 Å². The second-order valence-electron chi connectivity index (χ2n) is 3.96. The molecule has 0 bridgehead atoms. The lowest BCUT2D eigenvalue weighted by molar-refractivity contribution is -0.132. The second kappa shape index (κ2) is 5.51. The molecule has 0 aliphatic heterocycles. The molecule has 0 amide bonds. The van der Waals surface area contributed by atoms with Gasteiger partial charge in [-0.05, 0) is 43.3 Å². The van der Waals surface area contributed by atoms with E-state index in [2.05, 4.69) is 0 Å². The van der Waals surface area contributed by atoms with E-state index in [1.54, 1.807) is 30.3 Å². The van der Waals surface area contributed by atoms with Crippen molar-refractivity contribution in [2.45, 2.75) is 6.92 Å². The second-order valence-corrected chi connectivity index (χ2v) is 4.80. The minimum absolute atomic E-state index is 0.193. The Hall–Kier alpha value is -1.71. The number of carbonyl (C=O) groups is 1. The van der Waals surface area contributed by atoms with Crippen LogP contribution in [0.1, 0.15) is 12.7 Å². The third-order valence-corrected chi connectivity index (χ3v) is 3.08. The van der Waals surface area contributed by atoms with Gasteiger partial charge in [-0.15, -0.1) is 0 Å². The van der Waals surface area contributed by atoms with Gasteiger partial charge in [-0.2, -0.15) is 0 Å². The summed E-state index contributed by atoms with van der Waals surface area (Å²) >= 11 is 12.0. The third kappa shape index (κ3) is 3.19. The number of hydrogen-bond acceptors (Lipinski definition) is 2. The Morgan fingerprint density at radius 3 is 2.68 bits per heavy atom. The molecule has 1 N–H and O–H groups in total. The first-order chi connectivity index (χ1) is 8.97. The molecular weight excluding hydrogens is 287 g/mol. The molecule has 19 heavy (non-hydrogen) atoms. The maximum atomic E-state index is 10.7. The zero-order chi connectivity index (χ0) is 14.0. The first-order valence-electron chi connectivity index (χ1n) is 5.44. The molecule has 2 rings (SSSR count). The van der Waals surface area contributed by atoms with E-state index in [1.807, 2.05) is 0 Å². The van der Waals surface area contributed by atoms with Gasteiger partial charge in [0.15, 0.2) is 0 Å². The third-order valence-electron chi connectivity index (χ3n) is 2.52. The molecule has 1 aromatic carbocycles. The van der Waals surface area contributed by atoms with Crippen LogP contribution in [0.2, 0.25) is 10.0 Å². The Bertz CT molecular complexity index is 656. The normalized spacial score (nSPS) is 11.6. The van der Waals surface area contributed by atoms with Gasteiger partial charge in [0, 0.05) is 16.2 Å². The summed E-state index contributed by atoms with van der Waals surface area (Å²) in [6.07, 6.45) is 1.45. The molecule has 0 saturated heterocycles. The highest BCUT2D eigenvalue weighted by molar-refractivity contribution is 6.35. The monoisotopic (exact) mass is 296 g/mol. The molecule has 1 heterocycles. The average molecular weight is 297 g/mol. The molecule has 5 heteroatoms. The molecule has 98 valence electrons. The van der Waals surface area contributed by atoms with Crippen LogP contribution < -0.4 is 0 Å². The number of furan rings is 1. The summed E-state index contributed by atoms with van der Waals surface area (Å²) in [6, 6.07) is 8.46. The topological polar surface area (TPSA) is 50.4 Å². The standard InChI is InChI=1S/C14H10Cl2O3/c1-8(14(17)18)6-10-3-5-13(19-10)11-7-9(15)2-4-12(11)16/h2-7H,1H3,(H,17,18)/b8-6+. The largest absolute Gasteiger partial charge is 0.478 e. The van der Waals surface area contributed by atoms with Crippen molar-refractivity contribution in [2.75, 3.05) is 0 Å². The van der Waals surface area contributed by atoms with E-state index >= 15 is 0 Å². The van der Waals surface area contributed by atoms with E-state index in [4.69, 9.17) is 32.7 Å². The maximum absolute atomic E-state index is 10.7. The number of benzene rings is 1. The van der Waals surface area contributed by atoms with Gasteiger partial charge in [0.25, 0.3) is 0 Å². The van der Waals surface area contributed by atoms with Crippen LogP contribution in [0, 0.1) is 0 Å². The van der Waals surface area contributed by atoms with Crippen LogP contribution in [0.15, 0.2) is 40.3 Å². The van der Waals surface area contributed by atoms with Crippen LogP contribution in [0.25, 0.3) is 17.4 Å². The number of rotatable bonds is 3. The molecule has 0 radical (unpaired) electrons. The fraction of sp³-hybridized carbons (Fsp3) is 0.0714. The maximum Gasteiger partial charge on any atom is 0.331 e. The first kappa shape index (κ1) is 13.7. The molecule has 0 unspecified atom stereocenters. The molecule has 2 aromatic rings. The van der Waals surface area contributed by atoms with Gasteiger partial charge in [-0.1, -0.05) is 23.2 Å². The van der Waals surface area contributed by atoms with Crippen molar-refractivity contribution in [3.8, 4) is 11.3 Å². The Morgan fingerprint density at radius 2 is 2.00 bits per heavy atom. The van der Waals surface area contributed by atoms with Crippen molar-refractivity contribution in [1.82, 2.24) is 0 Å². The molecule has 1 aromatic heterocycles. The summed E-state index contributed by atoms with van der Waals surface area (Å²) in [6.45, 7) is 1.50. The van der Waals surface area contributed by atoms with Gasteiger partial charge in [0.1, 0.15) is 11.5 Å². The highest BCUT2D eigenvalue weighted by atomic mass is 35.5. The Labute approximate surface area is 120 Å². The van der Waals surface area contributed by atoms with Crippen LogP contribution in [0.4, 0.5) is 0 Å². The molecule has 3 nitrogen and oxygen atoms in total. The van der Waals surface area contributed by atoms with Gasteiger partial charge in [0.05, 0.1) is 5.02 Å². The number of halogens is 2. The first-order valence-corrected chi connectivity index (χ1v) is 6.20. The Morgan fingerprint density at radius 1 is 1.26 bits per heavy atom. The molecule has 0 aliphatic rings. The lowest BCUT2D eigenvalue weighted by Crippen LogP contribution is -1.94. The SMILES string of the molecule is C/C(=C\c1ccc(-c2cc(Cl)ccc2Cl)o1)C(=O)O. The fourth-order valence-electron chi connectivity index (χ4n) is 1.54. The van der Waals surface area contributed by atoms with E-state index in [0.29, 0.717) is 27.1 Å². The van der Waals surface area contributed by atoms with Crippen molar-refractivity contribution in [3.05, 3.63) is 51.7 Å². The van der Waals surface area contributed by atoms with E-state index < -0.39 is 5.97 Å². The predicted molar refractivity (Wildman–Crippen MR) is 75.5 cm³/mol. The van der Waals surface area contributed by atoms with E-state index in [0.717, 1.165) is 0 Å². The zero-order valence-corrected chi connectivity index (χ0v) is 11.5. The summed E-state index contributed by atoms with van der Waals surface area (Å²) in [5, 5.41) is 9.87. The Kier molecular flexibility index (Phi) is 3.98. The predicted octanol–water partition coefficient (Wildman–Crippen LogP) is 4.74. The Balaban J connectivity index is 2.39. The van der Waals surface area contributed by atoms with Gasteiger partial charge in [-0.3, -0.25) is 0 Å². The zero-order valence-electron chi connectivity index (χ0n) is 9.98. The highest BCUT2D eigenvalue weighted by Crippen LogP contribution is 2.32. The van der Waals surface area contributed by atoms with Crippen LogP contribution in [0.5, 0.6) is 0 Å². The van der Waals surface area contributed by atoms with Crippen LogP contribution in [0.3, 0.4) is 0 Å². The molecule has 0 fully saturated rings. The van der Waals surface area contributed by atoms with Gasteiger partial charge in [-0.25, -0.2) is 4.79 Å². The van der Waals surface area contributed by atoms with E-state index in [1.165, 1.54) is 13.0 Å². The average Bonchev–Trinajstić information content (AvgIpc) is 2.80. The number of carboxylic acids is 1. The molecule has 0 saturated carbocycles. The van der Waals surface area contributed by atoms with Crippen LogP contribution in [-0.2, 0) is 4.79 Å². The number of aliphatic carboxylic acids is 1. The summed E-state index contributed by atoms with van der Waals surface area (Å²) in [7, 11) is 0. The van der Waals surface area contributed by atoms with Crippen molar-refractivity contribution >= 4 is 35.2 Å². The minimum Gasteiger partial charge on any atom is -0.478 e. The lowest BCUT2D eigenvalue weighted by atomic mass is 10.2.